The molecule has 2 heterocycles. The van der Waals surface area contributed by atoms with Crippen LogP contribution >= 0.6 is 0 Å². The van der Waals surface area contributed by atoms with Crippen molar-refractivity contribution in [2.75, 3.05) is 9.80 Å². The summed E-state index contributed by atoms with van der Waals surface area (Å²) in [5, 5.41) is 18.6. The SMILES string of the molecule is Cc1ccccc1N(c1ccc2cc3c(cc2c1)oc1cc(C#N)c2oc4cc5cc(N(c6ccccc6C)c6cc(-c7ccccc7)ccc6C)ccc5cc4c2c13)c1cc(-c2ccccc2)ccc1C. The van der Waals surface area contributed by atoms with Crippen LogP contribution in [0.1, 0.15) is 27.8 Å². The molecule has 2 aromatic heterocycles. The Bertz CT molecular complexity index is 4350. The van der Waals surface area contributed by atoms with Gasteiger partial charge in [-0.3, -0.25) is 0 Å². The number of nitriles is 1. The van der Waals surface area contributed by atoms with Crippen molar-refractivity contribution < 1.29 is 8.83 Å². The van der Waals surface area contributed by atoms with E-state index in [4.69, 9.17) is 8.83 Å². The molecule has 342 valence electrons. The normalized spacial score (nSPS) is 11.6. The van der Waals surface area contributed by atoms with Gasteiger partial charge in [-0.25, -0.2) is 0 Å². The van der Waals surface area contributed by atoms with Crippen LogP contribution in [0.3, 0.4) is 0 Å². The van der Waals surface area contributed by atoms with Gasteiger partial charge in [-0.1, -0.05) is 133 Å². The molecule has 0 fully saturated rings. The molecule has 72 heavy (non-hydrogen) atoms. The number of rotatable bonds is 8. The first-order chi connectivity index (χ1) is 35.3. The fourth-order valence-corrected chi connectivity index (χ4v) is 10.8. The predicted molar refractivity (Wildman–Crippen MR) is 300 cm³/mol. The largest absolute Gasteiger partial charge is 0.456 e. The van der Waals surface area contributed by atoms with Gasteiger partial charge in [-0.15, -0.1) is 0 Å². The van der Waals surface area contributed by atoms with E-state index in [9.17, 15) is 5.26 Å². The van der Waals surface area contributed by atoms with E-state index in [1.807, 2.05) is 6.07 Å². The third-order valence-electron chi connectivity index (χ3n) is 14.5. The maximum Gasteiger partial charge on any atom is 0.154 e. The maximum atomic E-state index is 10.6. The fraction of sp³-hybridized carbons (Fsp3) is 0.0597. The summed E-state index contributed by atoms with van der Waals surface area (Å²) in [6.07, 6.45) is 0. The second-order valence-corrected chi connectivity index (χ2v) is 19.1. The topological polar surface area (TPSA) is 56.6 Å². The van der Waals surface area contributed by atoms with Crippen molar-refractivity contribution in [3.63, 3.8) is 0 Å². The molecule has 0 bridgehead atoms. The Hall–Kier alpha value is -9.37. The van der Waals surface area contributed by atoms with E-state index in [0.29, 0.717) is 22.3 Å². The highest BCUT2D eigenvalue weighted by Crippen LogP contribution is 2.47. The second-order valence-electron chi connectivity index (χ2n) is 19.1. The molecular formula is C67H47N3O2. The first kappa shape index (κ1) is 42.7. The Morgan fingerprint density at radius 3 is 1.31 bits per heavy atom. The lowest BCUT2D eigenvalue weighted by Crippen LogP contribution is -2.12. The van der Waals surface area contributed by atoms with E-state index < -0.39 is 0 Å². The van der Waals surface area contributed by atoms with Crippen molar-refractivity contribution in [2.45, 2.75) is 27.7 Å². The number of furan rings is 2. The van der Waals surface area contributed by atoms with Gasteiger partial charge in [0.25, 0.3) is 0 Å². The summed E-state index contributed by atoms with van der Waals surface area (Å²) in [5.41, 5.74) is 19.0. The third kappa shape index (κ3) is 7.07. The predicted octanol–water partition coefficient (Wildman–Crippen LogP) is 19.2. The molecule has 0 aliphatic heterocycles. The molecule has 11 aromatic carbocycles. The van der Waals surface area contributed by atoms with Crippen LogP contribution in [-0.2, 0) is 0 Å². The van der Waals surface area contributed by atoms with Gasteiger partial charge in [-0.05, 0) is 167 Å². The molecule has 0 amide bonds. The average Bonchev–Trinajstić information content (AvgIpc) is 3.96. The van der Waals surface area contributed by atoms with Crippen LogP contribution in [-0.4, -0.2) is 0 Å². The summed E-state index contributed by atoms with van der Waals surface area (Å²) in [6.45, 7) is 8.69. The Kier molecular flexibility index (Phi) is 10.1. The molecule has 13 rings (SSSR count). The van der Waals surface area contributed by atoms with E-state index in [0.717, 1.165) is 93.9 Å². The summed E-state index contributed by atoms with van der Waals surface area (Å²) in [6, 6.07) is 78.0. The molecule has 0 radical (unpaired) electrons. The molecule has 0 atom stereocenters. The Morgan fingerprint density at radius 2 is 0.806 bits per heavy atom. The molecule has 0 unspecified atom stereocenters. The van der Waals surface area contributed by atoms with Gasteiger partial charge in [0.2, 0.25) is 0 Å². The minimum atomic E-state index is 0.436. The molecule has 5 nitrogen and oxygen atoms in total. The van der Waals surface area contributed by atoms with Crippen LogP contribution in [0.5, 0.6) is 0 Å². The summed E-state index contributed by atoms with van der Waals surface area (Å²) < 4.78 is 13.5. The highest BCUT2D eigenvalue weighted by molar-refractivity contribution is 6.28. The molecule has 0 N–H and O–H groups in total. The monoisotopic (exact) mass is 925 g/mol. The zero-order valence-corrected chi connectivity index (χ0v) is 40.4. The van der Waals surface area contributed by atoms with E-state index in [2.05, 4.69) is 250 Å². The number of hydrogen-bond donors (Lipinski definition) is 0. The maximum absolute atomic E-state index is 10.6. The van der Waals surface area contributed by atoms with Crippen molar-refractivity contribution in [3.05, 3.63) is 240 Å². The molecule has 0 saturated heterocycles. The highest BCUT2D eigenvalue weighted by Gasteiger charge is 2.24. The first-order valence-corrected chi connectivity index (χ1v) is 24.4. The number of benzene rings is 11. The fourth-order valence-electron chi connectivity index (χ4n) is 10.8. The Labute approximate surface area is 417 Å². The van der Waals surface area contributed by atoms with Crippen molar-refractivity contribution in [2.24, 2.45) is 0 Å². The van der Waals surface area contributed by atoms with Gasteiger partial charge in [0.05, 0.1) is 5.56 Å². The standard InChI is InChI=1S/C67H47N3O2/c1-41-15-11-13-21-58(41)69(60-35-49(25-23-43(60)3)45-17-7-5-8-18-45)54-29-27-47-33-56-62(37-51(47)31-54)71-64-39-53(40-68)67-66(65(56)64)57-34-48-28-30-55(32-52(48)38-63(57)72-67)70(59-22-14-12-16-42(59)2)61-36-50(26-24-44(61)4)46-19-9-6-10-20-46/h5-39H,1-4H3. The summed E-state index contributed by atoms with van der Waals surface area (Å²) in [5.74, 6) is 0. The van der Waals surface area contributed by atoms with Crippen molar-refractivity contribution in [3.8, 4) is 28.3 Å². The van der Waals surface area contributed by atoms with Gasteiger partial charge < -0.3 is 18.6 Å². The number of hydrogen-bond acceptors (Lipinski definition) is 5. The number of fused-ring (bicyclic) bond motifs is 9. The second kappa shape index (κ2) is 16.9. The minimum absolute atomic E-state index is 0.436. The smallest absolute Gasteiger partial charge is 0.154 e. The molecule has 13 aromatic rings. The van der Waals surface area contributed by atoms with E-state index in [-0.39, 0.29) is 0 Å². The summed E-state index contributed by atoms with van der Waals surface area (Å²) >= 11 is 0. The third-order valence-corrected chi connectivity index (χ3v) is 14.5. The summed E-state index contributed by atoms with van der Waals surface area (Å²) in [7, 11) is 0. The highest BCUT2D eigenvalue weighted by atomic mass is 16.3. The van der Waals surface area contributed by atoms with E-state index in [1.54, 1.807) is 0 Å². The molecule has 0 spiro atoms. The van der Waals surface area contributed by atoms with Gasteiger partial charge >= 0.3 is 0 Å². The van der Waals surface area contributed by atoms with Crippen LogP contribution in [0.4, 0.5) is 34.1 Å². The number of nitrogens with zero attached hydrogens (tertiary/aromatic N) is 3. The lowest BCUT2D eigenvalue weighted by Gasteiger charge is -2.29. The Morgan fingerprint density at radius 1 is 0.347 bits per heavy atom. The van der Waals surface area contributed by atoms with Crippen molar-refractivity contribution >= 4 is 99.5 Å². The van der Waals surface area contributed by atoms with Crippen molar-refractivity contribution in [1.82, 2.24) is 0 Å². The van der Waals surface area contributed by atoms with Crippen molar-refractivity contribution in [1.29, 1.82) is 5.26 Å². The lowest BCUT2D eigenvalue weighted by molar-refractivity contribution is 0.662. The van der Waals surface area contributed by atoms with Gasteiger partial charge in [0.15, 0.2) is 5.58 Å². The lowest BCUT2D eigenvalue weighted by atomic mass is 9.98. The molecule has 0 aliphatic rings. The molecular weight excluding hydrogens is 879 g/mol. The zero-order chi connectivity index (χ0) is 48.6. The molecule has 0 saturated carbocycles. The number of para-hydroxylation sites is 2. The van der Waals surface area contributed by atoms with Gasteiger partial charge in [-0.2, -0.15) is 5.26 Å². The van der Waals surface area contributed by atoms with E-state index >= 15 is 0 Å². The van der Waals surface area contributed by atoms with Gasteiger partial charge in [0.1, 0.15) is 22.8 Å². The molecule has 0 aliphatic carbocycles. The molecule has 5 heteroatoms. The average molecular weight is 926 g/mol. The quantitative estimate of drug-likeness (QED) is 0.152. The number of aryl methyl sites for hydroxylation is 4. The van der Waals surface area contributed by atoms with E-state index in [1.165, 1.54) is 33.4 Å². The Balaban J connectivity index is 0.956. The summed E-state index contributed by atoms with van der Waals surface area (Å²) in [4.78, 5) is 4.74. The first-order valence-electron chi connectivity index (χ1n) is 24.4. The van der Waals surface area contributed by atoms with Crippen LogP contribution in [0.25, 0.3) is 87.7 Å². The van der Waals surface area contributed by atoms with Crippen LogP contribution in [0.2, 0.25) is 0 Å². The number of anilines is 6. The zero-order valence-electron chi connectivity index (χ0n) is 40.4. The minimum Gasteiger partial charge on any atom is -0.456 e. The van der Waals surface area contributed by atoms with Gasteiger partial charge in [0, 0.05) is 61.7 Å². The van der Waals surface area contributed by atoms with Crippen LogP contribution < -0.4 is 9.80 Å². The van der Waals surface area contributed by atoms with Crippen LogP contribution in [0.15, 0.2) is 221 Å². The van der Waals surface area contributed by atoms with Crippen LogP contribution in [0, 0.1) is 39.0 Å².